The highest BCUT2D eigenvalue weighted by Gasteiger charge is 2.34. The van der Waals surface area contributed by atoms with Crippen molar-refractivity contribution in [3.8, 4) is 0 Å². The van der Waals surface area contributed by atoms with Crippen LogP contribution in [0.2, 0.25) is 5.02 Å². The summed E-state index contributed by atoms with van der Waals surface area (Å²) in [4.78, 5) is 21.1. The Balaban J connectivity index is 1.60. The molecule has 0 N–H and O–H groups in total. The predicted octanol–water partition coefficient (Wildman–Crippen LogP) is 2.59. The largest absolute Gasteiger partial charge is 0.377 e. The van der Waals surface area contributed by atoms with Crippen LogP contribution in [0.1, 0.15) is 26.2 Å². The maximum atomic E-state index is 12.8. The minimum Gasteiger partial charge on any atom is -0.377 e. The highest BCUT2D eigenvalue weighted by molar-refractivity contribution is 6.33. The van der Waals surface area contributed by atoms with Crippen LogP contribution >= 0.6 is 11.6 Å². The lowest BCUT2D eigenvalue weighted by molar-refractivity contribution is -0.145. The van der Waals surface area contributed by atoms with Gasteiger partial charge in [-0.15, -0.1) is 0 Å². The average molecular weight is 338 g/mol. The van der Waals surface area contributed by atoms with Gasteiger partial charge in [0.1, 0.15) is 0 Å². The molecule has 1 amide bonds. The number of halogens is 1. The monoisotopic (exact) mass is 337 g/mol. The summed E-state index contributed by atoms with van der Waals surface area (Å²) >= 11 is 6.21. The summed E-state index contributed by atoms with van der Waals surface area (Å²) in [5.41, 5.74) is 1.00. The van der Waals surface area contributed by atoms with Gasteiger partial charge in [-0.3, -0.25) is 9.78 Å². The number of amides is 1. The van der Waals surface area contributed by atoms with E-state index in [0.717, 1.165) is 57.7 Å². The summed E-state index contributed by atoms with van der Waals surface area (Å²) in [5, 5.41) is 0.666. The fraction of sp³-hybridized carbons (Fsp3) is 0.647. The number of aromatic nitrogens is 1. The van der Waals surface area contributed by atoms with E-state index in [-0.39, 0.29) is 17.9 Å². The molecule has 3 rings (SSSR count). The highest BCUT2D eigenvalue weighted by atomic mass is 35.5. The van der Waals surface area contributed by atoms with Crippen LogP contribution in [0.4, 0.5) is 5.69 Å². The first-order valence-electron chi connectivity index (χ1n) is 8.45. The number of anilines is 1. The third-order valence-electron chi connectivity index (χ3n) is 4.84. The molecule has 2 atom stereocenters. The second kappa shape index (κ2) is 7.49. The van der Waals surface area contributed by atoms with E-state index in [2.05, 4.69) is 16.8 Å². The average Bonchev–Trinajstić information content (AvgIpc) is 2.61. The van der Waals surface area contributed by atoms with Gasteiger partial charge in [0.15, 0.2) is 0 Å². The predicted molar refractivity (Wildman–Crippen MR) is 90.8 cm³/mol. The van der Waals surface area contributed by atoms with E-state index in [0.29, 0.717) is 5.02 Å². The minimum absolute atomic E-state index is 0.0322. The second-order valence-corrected chi connectivity index (χ2v) is 6.61. The number of hydrogen-bond acceptors (Lipinski definition) is 4. The standard InChI is InChI=1S/C17H24ClN3O2/c1-2-16-13(4-3-11-23-16)17(22)21-9-7-20(8-10-21)15-5-6-19-12-14(15)18/h5-6,12-13,16H,2-4,7-11H2,1H3/t13-,16+/m0/s1. The molecule has 1 aromatic rings. The Kier molecular flexibility index (Phi) is 5.38. The zero-order chi connectivity index (χ0) is 16.2. The fourth-order valence-corrected chi connectivity index (χ4v) is 3.79. The molecule has 0 aliphatic carbocycles. The molecule has 2 aliphatic rings. The number of carbonyl (C=O) groups is 1. The lowest BCUT2D eigenvalue weighted by atomic mass is 9.91. The Hall–Kier alpha value is -1.33. The van der Waals surface area contributed by atoms with Crippen molar-refractivity contribution in [3.05, 3.63) is 23.5 Å². The Bertz CT molecular complexity index is 546. The maximum Gasteiger partial charge on any atom is 0.228 e. The number of rotatable bonds is 3. The van der Waals surface area contributed by atoms with Crippen LogP contribution in [0.15, 0.2) is 18.5 Å². The molecule has 2 aliphatic heterocycles. The number of ether oxygens (including phenoxy) is 1. The molecular formula is C17H24ClN3O2. The Morgan fingerprint density at radius 2 is 2.17 bits per heavy atom. The smallest absolute Gasteiger partial charge is 0.228 e. The number of pyridine rings is 1. The molecule has 5 nitrogen and oxygen atoms in total. The van der Waals surface area contributed by atoms with E-state index in [1.165, 1.54) is 0 Å². The first-order valence-corrected chi connectivity index (χ1v) is 8.83. The van der Waals surface area contributed by atoms with Gasteiger partial charge < -0.3 is 14.5 Å². The van der Waals surface area contributed by atoms with Crippen molar-refractivity contribution in [1.82, 2.24) is 9.88 Å². The summed E-state index contributed by atoms with van der Waals surface area (Å²) in [6.45, 7) is 5.98. The Morgan fingerprint density at radius 3 is 2.87 bits per heavy atom. The molecule has 0 spiro atoms. The summed E-state index contributed by atoms with van der Waals surface area (Å²) in [6, 6.07) is 1.93. The van der Waals surface area contributed by atoms with Crippen molar-refractivity contribution in [2.75, 3.05) is 37.7 Å². The molecule has 0 saturated carbocycles. The van der Waals surface area contributed by atoms with Crippen molar-refractivity contribution in [2.24, 2.45) is 5.92 Å². The van der Waals surface area contributed by atoms with Crippen LogP contribution in [0, 0.1) is 5.92 Å². The van der Waals surface area contributed by atoms with Crippen molar-refractivity contribution in [3.63, 3.8) is 0 Å². The number of piperazine rings is 1. The molecule has 0 unspecified atom stereocenters. The van der Waals surface area contributed by atoms with Crippen molar-refractivity contribution in [2.45, 2.75) is 32.3 Å². The van der Waals surface area contributed by atoms with Crippen molar-refractivity contribution >= 4 is 23.2 Å². The summed E-state index contributed by atoms with van der Waals surface area (Å²) in [7, 11) is 0. The van der Waals surface area contributed by atoms with E-state index in [9.17, 15) is 4.79 Å². The zero-order valence-corrected chi connectivity index (χ0v) is 14.3. The molecule has 3 heterocycles. The van der Waals surface area contributed by atoms with Gasteiger partial charge in [0.2, 0.25) is 5.91 Å². The number of hydrogen-bond donors (Lipinski definition) is 0. The summed E-state index contributed by atoms with van der Waals surface area (Å²) in [6.07, 6.45) is 6.35. The third kappa shape index (κ3) is 3.61. The van der Waals surface area contributed by atoms with Gasteiger partial charge in [0.05, 0.1) is 22.7 Å². The van der Waals surface area contributed by atoms with E-state index < -0.39 is 0 Å². The first-order chi connectivity index (χ1) is 11.2. The van der Waals surface area contributed by atoms with Crippen LogP contribution in [0.25, 0.3) is 0 Å². The number of nitrogens with zero attached hydrogens (tertiary/aromatic N) is 3. The molecule has 0 aromatic carbocycles. The van der Waals surface area contributed by atoms with Gasteiger partial charge in [-0.2, -0.15) is 0 Å². The van der Waals surface area contributed by atoms with Crippen LogP contribution in [-0.2, 0) is 9.53 Å². The van der Waals surface area contributed by atoms with Crippen LogP contribution < -0.4 is 4.90 Å². The van der Waals surface area contributed by atoms with Gasteiger partial charge in [-0.05, 0) is 25.3 Å². The molecule has 126 valence electrons. The fourth-order valence-electron chi connectivity index (χ4n) is 3.55. The molecular weight excluding hydrogens is 314 g/mol. The molecule has 2 saturated heterocycles. The Morgan fingerprint density at radius 1 is 1.39 bits per heavy atom. The summed E-state index contributed by atoms with van der Waals surface area (Å²) < 4.78 is 5.78. The number of carbonyl (C=O) groups excluding carboxylic acids is 1. The topological polar surface area (TPSA) is 45.7 Å². The molecule has 6 heteroatoms. The molecule has 2 fully saturated rings. The SMILES string of the molecule is CC[C@H]1OCCC[C@@H]1C(=O)N1CCN(c2ccncc2Cl)CC1. The molecule has 1 aromatic heterocycles. The van der Waals surface area contributed by atoms with Crippen LogP contribution in [0.5, 0.6) is 0 Å². The van der Waals surface area contributed by atoms with Gasteiger partial charge in [0.25, 0.3) is 0 Å². The van der Waals surface area contributed by atoms with Gasteiger partial charge in [-0.1, -0.05) is 18.5 Å². The first kappa shape index (κ1) is 16.5. The van der Waals surface area contributed by atoms with E-state index in [1.54, 1.807) is 12.4 Å². The van der Waals surface area contributed by atoms with Gasteiger partial charge in [0, 0.05) is 45.2 Å². The highest BCUT2D eigenvalue weighted by Crippen LogP contribution is 2.28. The lowest BCUT2D eigenvalue weighted by Crippen LogP contribution is -2.52. The zero-order valence-electron chi connectivity index (χ0n) is 13.6. The second-order valence-electron chi connectivity index (χ2n) is 6.21. The quantitative estimate of drug-likeness (QED) is 0.850. The minimum atomic E-state index is 0.0322. The normalized spacial score (nSPS) is 25.5. The van der Waals surface area contributed by atoms with Gasteiger partial charge in [-0.25, -0.2) is 0 Å². The molecule has 23 heavy (non-hydrogen) atoms. The summed E-state index contributed by atoms with van der Waals surface area (Å²) in [5.74, 6) is 0.293. The third-order valence-corrected chi connectivity index (χ3v) is 5.13. The van der Waals surface area contributed by atoms with Crippen molar-refractivity contribution in [1.29, 1.82) is 0 Å². The van der Waals surface area contributed by atoms with Crippen LogP contribution in [0.3, 0.4) is 0 Å². The van der Waals surface area contributed by atoms with Crippen molar-refractivity contribution < 1.29 is 9.53 Å². The Labute approximate surface area is 142 Å². The van der Waals surface area contributed by atoms with Gasteiger partial charge >= 0.3 is 0 Å². The van der Waals surface area contributed by atoms with E-state index in [4.69, 9.17) is 16.3 Å². The molecule has 0 radical (unpaired) electrons. The maximum absolute atomic E-state index is 12.8. The van der Waals surface area contributed by atoms with Crippen LogP contribution in [-0.4, -0.2) is 54.7 Å². The molecule has 0 bridgehead atoms. The van der Waals surface area contributed by atoms with E-state index in [1.807, 2.05) is 11.0 Å². The lowest BCUT2D eigenvalue weighted by Gasteiger charge is -2.40. The van der Waals surface area contributed by atoms with E-state index >= 15 is 0 Å².